The summed E-state index contributed by atoms with van der Waals surface area (Å²) in [5.41, 5.74) is 3.18. The van der Waals surface area contributed by atoms with Gasteiger partial charge < -0.3 is 14.6 Å². The average Bonchev–Trinajstić information content (AvgIpc) is 3.11. The third kappa shape index (κ3) is 3.87. The van der Waals surface area contributed by atoms with Crippen LogP contribution in [-0.2, 0) is 0 Å². The Morgan fingerprint density at radius 1 is 1.24 bits per heavy atom. The third-order valence-electron chi connectivity index (χ3n) is 3.50. The van der Waals surface area contributed by atoms with E-state index in [-0.39, 0.29) is 6.61 Å². The first-order valence-corrected chi connectivity index (χ1v) is 7.70. The molecule has 8 nitrogen and oxygen atoms in total. The van der Waals surface area contributed by atoms with Crippen molar-refractivity contribution in [1.29, 1.82) is 0 Å². The minimum Gasteiger partial charge on any atom is -0.494 e. The lowest BCUT2D eigenvalue weighted by atomic mass is 10.2. The summed E-state index contributed by atoms with van der Waals surface area (Å²) in [7, 11) is 0. The van der Waals surface area contributed by atoms with Gasteiger partial charge in [-0.05, 0) is 30.3 Å². The largest absolute Gasteiger partial charge is 0.494 e. The zero-order valence-corrected chi connectivity index (χ0v) is 13.4. The fourth-order valence-electron chi connectivity index (χ4n) is 2.27. The topological polar surface area (TPSA) is 111 Å². The van der Waals surface area contributed by atoms with Gasteiger partial charge in [-0.15, -0.1) is 0 Å². The lowest BCUT2D eigenvalue weighted by Gasteiger charge is -2.11. The standard InChI is InChI=1S/C17H18N4O4/c18-20-17(23)12-8-13-10-19-11-21(13)16(9-12)25-15-4-2-14(3-5-15)24-7-1-6-22/h2-5,8-11,22H,1,6-7,18H2,(H,20,23). The summed E-state index contributed by atoms with van der Waals surface area (Å²) in [5.74, 6) is 6.48. The van der Waals surface area contributed by atoms with Crippen molar-refractivity contribution in [2.24, 2.45) is 5.84 Å². The summed E-state index contributed by atoms with van der Waals surface area (Å²) >= 11 is 0. The molecule has 25 heavy (non-hydrogen) atoms. The Hall–Kier alpha value is -3.10. The maximum absolute atomic E-state index is 11.8. The Morgan fingerprint density at radius 3 is 2.72 bits per heavy atom. The highest BCUT2D eigenvalue weighted by Crippen LogP contribution is 2.26. The molecule has 0 radical (unpaired) electrons. The van der Waals surface area contributed by atoms with E-state index < -0.39 is 5.91 Å². The Morgan fingerprint density at radius 2 is 2.00 bits per heavy atom. The number of fused-ring (bicyclic) bond motifs is 1. The first-order chi connectivity index (χ1) is 12.2. The summed E-state index contributed by atoms with van der Waals surface area (Å²) in [6, 6.07) is 10.3. The number of hydrogen-bond donors (Lipinski definition) is 3. The first-order valence-electron chi connectivity index (χ1n) is 7.70. The third-order valence-corrected chi connectivity index (χ3v) is 3.50. The van der Waals surface area contributed by atoms with Crippen LogP contribution in [0.5, 0.6) is 17.4 Å². The summed E-state index contributed by atoms with van der Waals surface area (Å²) in [6.45, 7) is 0.539. The number of nitrogens with one attached hydrogen (secondary N) is 1. The van der Waals surface area contributed by atoms with Crippen molar-refractivity contribution in [3.63, 3.8) is 0 Å². The monoisotopic (exact) mass is 342 g/mol. The van der Waals surface area contributed by atoms with Crippen LogP contribution >= 0.6 is 0 Å². The molecule has 0 saturated heterocycles. The molecule has 1 aromatic carbocycles. The smallest absolute Gasteiger partial charge is 0.265 e. The number of ether oxygens (including phenoxy) is 2. The highest BCUT2D eigenvalue weighted by Gasteiger charge is 2.11. The molecule has 2 aromatic heterocycles. The molecule has 2 heterocycles. The molecule has 0 spiro atoms. The Labute approximate surface area is 143 Å². The Kier molecular flexibility index (Phi) is 5.12. The molecular formula is C17H18N4O4. The van der Waals surface area contributed by atoms with E-state index in [1.165, 1.54) is 0 Å². The number of hydrogen-bond acceptors (Lipinski definition) is 6. The van der Waals surface area contributed by atoms with Crippen LogP contribution in [0.3, 0.4) is 0 Å². The van der Waals surface area contributed by atoms with Crippen LogP contribution in [0.4, 0.5) is 0 Å². The van der Waals surface area contributed by atoms with Crippen LogP contribution in [0.1, 0.15) is 16.8 Å². The minimum atomic E-state index is -0.416. The summed E-state index contributed by atoms with van der Waals surface area (Å²) < 4.78 is 13.1. The SMILES string of the molecule is NNC(=O)c1cc(Oc2ccc(OCCCO)cc2)n2cncc2c1. The predicted octanol–water partition coefficient (Wildman–Crippen LogP) is 1.49. The Balaban J connectivity index is 1.82. The Bertz CT molecular complexity index is 861. The number of aliphatic hydroxyl groups excluding tert-OH is 1. The van der Waals surface area contributed by atoms with Crippen LogP contribution in [-0.4, -0.2) is 33.6 Å². The maximum Gasteiger partial charge on any atom is 0.265 e. The van der Waals surface area contributed by atoms with Gasteiger partial charge >= 0.3 is 0 Å². The normalized spacial score (nSPS) is 10.6. The average molecular weight is 342 g/mol. The van der Waals surface area contributed by atoms with Crippen molar-refractivity contribution in [3.05, 3.63) is 54.5 Å². The van der Waals surface area contributed by atoms with E-state index in [0.29, 0.717) is 41.5 Å². The van der Waals surface area contributed by atoms with Crippen LogP contribution in [0, 0.1) is 0 Å². The maximum atomic E-state index is 11.8. The highest BCUT2D eigenvalue weighted by molar-refractivity contribution is 5.95. The summed E-state index contributed by atoms with van der Waals surface area (Å²) in [6.07, 6.45) is 3.80. The second-order valence-corrected chi connectivity index (χ2v) is 5.24. The van der Waals surface area contributed by atoms with Crippen LogP contribution in [0.25, 0.3) is 5.52 Å². The summed E-state index contributed by atoms with van der Waals surface area (Å²) in [5, 5.41) is 8.76. The number of carbonyl (C=O) groups is 1. The van der Waals surface area contributed by atoms with Gasteiger partial charge in [-0.3, -0.25) is 14.6 Å². The highest BCUT2D eigenvalue weighted by atomic mass is 16.5. The molecule has 3 rings (SSSR count). The number of aromatic nitrogens is 2. The molecule has 3 aromatic rings. The number of pyridine rings is 1. The van der Waals surface area contributed by atoms with Gasteiger partial charge in [0, 0.05) is 24.7 Å². The van der Waals surface area contributed by atoms with E-state index in [4.69, 9.17) is 20.4 Å². The van der Waals surface area contributed by atoms with E-state index in [1.807, 2.05) is 0 Å². The van der Waals surface area contributed by atoms with Gasteiger partial charge in [0.2, 0.25) is 5.88 Å². The molecule has 0 aliphatic carbocycles. The van der Waals surface area contributed by atoms with Gasteiger partial charge in [0.05, 0.1) is 18.3 Å². The lowest BCUT2D eigenvalue weighted by Crippen LogP contribution is -2.30. The second kappa shape index (κ2) is 7.65. The van der Waals surface area contributed by atoms with Crippen LogP contribution in [0.2, 0.25) is 0 Å². The molecule has 0 aliphatic rings. The number of amides is 1. The number of hydrazine groups is 1. The van der Waals surface area contributed by atoms with Crippen LogP contribution in [0.15, 0.2) is 48.9 Å². The zero-order valence-electron chi connectivity index (χ0n) is 13.4. The molecule has 1 amide bonds. The fourth-order valence-corrected chi connectivity index (χ4v) is 2.27. The fraction of sp³-hybridized carbons (Fsp3) is 0.176. The van der Waals surface area contributed by atoms with Crippen molar-refractivity contribution < 1.29 is 19.4 Å². The van der Waals surface area contributed by atoms with E-state index in [0.717, 1.165) is 0 Å². The summed E-state index contributed by atoms with van der Waals surface area (Å²) in [4.78, 5) is 15.9. The number of nitrogens with two attached hydrogens (primary N) is 1. The van der Waals surface area contributed by atoms with Gasteiger partial charge in [-0.1, -0.05) is 0 Å². The molecular weight excluding hydrogens is 324 g/mol. The quantitative estimate of drug-likeness (QED) is 0.260. The number of imidazole rings is 1. The zero-order chi connectivity index (χ0) is 17.6. The molecule has 0 atom stereocenters. The number of nitrogens with zero attached hydrogens (tertiary/aromatic N) is 2. The van der Waals surface area contributed by atoms with Crippen LogP contribution < -0.4 is 20.7 Å². The number of aliphatic hydroxyl groups is 1. The van der Waals surface area contributed by atoms with Crippen molar-refractivity contribution in [2.45, 2.75) is 6.42 Å². The molecule has 130 valence electrons. The molecule has 0 unspecified atom stereocenters. The van der Waals surface area contributed by atoms with E-state index >= 15 is 0 Å². The molecule has 0 aliphatic heterocycles. The number of rotatable bonds is 7. The number of benzene rings is 1. The molecule has 8 heteroatoms. The van der Waals surface area contributed by atoms with E-state index in [9.17, 15) is 4.79 Å². The lowest BCUT2D eigenvalue weighted by molar-refractivity contribution is 0.0953. The number of carbonyl (C=O) groups excluding carboxylic acids is 1. The van der Waals surface area contributed by atoms with Gasteiger partial charge in [0.1, 0.15) is 17.8 Å². The minimum absolute atomic E-state index is 0.0921. The molecule has 0 bridgehead atoms. The second-order valence-electron chi connectivity index (χ2n) is 5.24. The molecule has 0 saturated carbocycles. The van der Waals surface area contributed by atoms with Crippen molar-refractivity contribution >= 4 is 11.4 Å². The van der Waals surface area contributed by atoms with Gasteiger partial charge in [0.15, 0.2) is 0 Å². The molecule has 0 fully saturated rings. The predicted molar refractivity (Wildman–Crippen MR) is 90.6 cm³/mol. The van der Waals surface area contributed by atoms with Gasteiger partial charge in [-0.25, -0.2) is 10.8 Å². The number of nitrogen functional groups attached to an aromatic ring is 1. The van der Waals surface area contributed by atoms with Crippen molar-refractivity contribution in [2.75, 3.05) is 13.2 Å². The van der Waals surface area contributed by atoms with Crippen molar-refractivity contribution in [1.82, 2.24) is 14.8 Å². The molecule has 4 N–H and O–H groups in total. The van der Waals surface area contributed by atoms with Gasteiger partial charge in [-0.2, -0.15) is 0 Å². The van der Waals surface area contributed by atoms with E-state index in [2.05, 4.69) is 10.4 Å². The van der Waals surface area contributed by atoms with Crippen molar-refractivity contribution in [3.8, 4) is 17.4 Å². The first kappa shape index (κ1) is 16.7. The van der Waals surface area contributed by atoms with Gasteiger partial charge in [0.25, 0.3) is 5.91 Å². The van der Waals surface area contributed by atoms with E-state index in [1.54, 1.807) is 53.3 Å².